The molecule has 0 spiro atoms. The molecule has 0 atom stereocenters. The van der Waals surface area contributed by atoms with Crippen LogP contribution in [0.5, 0.6) is 0 Å². The lowest BCUT2D eigenvalue weighted by Crippen LogP contribution is -2.19. The lowest BCUT2D eigenvalue weighted by Gasteiger charge is -2.02. The van der Waals surface area contributed by atoms with Crippen LogP contribution < -0.4 is 5.32 Å². The van der Waals surface area contributed by atoms with Gasteiger partial charge >= 0.3 is 0 Å². The van der Waals surface area contributed by atoms with Crippen molar-refractivity contribution in [2.75, 3.05) is 13.1 Å². The van der Waals surface area contributed by atoms with Crippen LogP contribution in [-0.4, -0.2) is 13.1 Å². The highest BCUT2D eigenvalue weighted by molar-refractivity contribution is 5.00. The third-order valence-corrected chi connectivity index (χ3v) is 1.27. The summed E-state index contributed by atoms with van der Waals surface area (Å²) in [4.78, 5) is 0. The fourth-order valence-electron chi connectivity index (χ4n) is 0.699. The number of hydrogen-bond donors (Lipinski definition) is 1. The van der Waals surface area contributed by atoms with Crippen LogP contribution in [0.1, 0.15) is 33.6 Å². The Balaban J connectivity index is 3.09. The molecular weight excluding hydrogens is 134 g/mol. The molecule has 0 rings (SSSR count). The van der Waals surface area contributed by atoms with E-state index < -0.39 is 0 Å². The fourth-order valence-corrected chi connectivity index (χ4v) is 0.699. The first-order valence-electron chi connectivity index (χ1n) is 4.43. The molecule has 0 unspecified atom stereocenters. The molecule has 0 fully saturated rings. The first-order valence-corrected chi connectivity index (χ1v) is 4.43. The SMILES string of the molecule is CCCC#CCNCC(C)C. The fraction of sp³-hybridized carbons (Fsp3) is 0.800. The van der Waals surface area contributed by atoms with Gasteiger partial charge in [0.2, 0.25) is 0 Å². The minimum absolute atomic E-state index is 0.725. The van der Waals surface area contributed by atoms with Crippen LogP contribution in [0.4, 0.5) is 0 Å². The third-order valence-electron chi connectivity index (χ3n) is 1.27. The van der Waals surface area contributed by atoms with E-state index in [2.05, 4.69) is 37.9 Å². The van der Waals surface area contributed by atoms with E-state index in [0.29, 0.717) is 0 Å². The Morgan fingerprint density at radius 1 is 1.27 bits per heavy atom. The number of nitrogens with one attached hydrogen (secondary N) is 1. The van der Waals surface area contributed by atoms with Gasteiger partial charge in [-0.1, -0.05) is 26.7 Å². The van der Waals surface area contributed by atoms with E-state index >= 15 is 0 Å². The molecule has 0 amide bonds. The molecule has 0 saturated heterocycles. The van der Waals surface area contributed by atoms with E-state index in [4.69, 9.17) is 0 Å². The van der Waals surface area contributed by atoms with Crippen molar-refractivity contribution in [1.82, 2.24) is 5.32 Å². The van der Waals surface area contributed by atoms with Crippen molar-refractivity contribution in [2.24, 2.45) is 5.92 Å². The number of rotatable bonds is 4. The van der Waals surface area contributed by atoms with Gasteiger partial charge in [-0.25, -0.2) is 0 Å². The average molecular weight is 153 g/mol. The first kappa shape index (κ1) is 10.5. The second-order valence-corrected chi connectivity index (χ2v) is 3.13. The van der Waals surface area contributed by atoms with Crippen LogP contribution in [0.15, 0.2) is 0 Å². The third kappa shape index (κ3) is 9.52. The lowest BCUT2D eigenvalue weighted by atomic mass is 10.2. The van der Waals surface area contributed by atoms with E-state index in [1.165, 1.54) is 0 Å². The molecule has 0 radical (unpaired) electrons. The maximum atomic E-state index is 3.27. The molecule has 1 heteroatoms. The van der Waals surface area contributed by atoms with E-state index in [0.717, 1.165) is 31.8 Å². The van der Waals surface area contributed by atoms with Gasteiger partial charge in [0.1, 0.15) is 0 Å². The summed E-state index contributed by atoms with van der Waals surface area (Å²) in [6.07, 6.45) is 2.19. The summed E-state index contributed by atoms with van der Waals surface area (Å²) >= 11 is 0. The standard InChI is InChI=1S/C10H19N/c1-4-5-6-7-8-11-9-10(2)3/h10-11H,4-5,8-9H2,1-3H3. The van der Waals surface area contributed by atoms with Gasteiger partial charge in [0, 0.05) is 6.42 Å². The molecule has 1 N–H and O–H groups in total. The van der Waals surface area contributed by atoms with Crippen molar-refractivity contribution < 1.29 is 0 Å². The van der Waals surface area contributed by atoms with E-state index in [1.54, 1.807) is 0 Å². The zero-order valence-electron chi connectivity index (χ0n) is 7.91. The van der Waals surface area contributed by atoms with Gasteiger partial charge in [-0.2, -0.15) is 0 Å². The molecule has 0 heterocycles. The summed E-state index contributed by atoms with van der Waals surface area (Å²) < 4.78 is 0. The molecule has 1 nitrogen and oxygen atoms in total. The zero-order chi connectivity index (χ0) is 8.53. The van der Waals surface area contributed by atoms with Crippen molar-refractivity contribution in [3.8, 4) is 11.8 Å². The highest BCUT2D eigenvalue weighted by Crippen LogP contribution is 1.85. The monoisotopic (exact) mass is 153 g/mol. The largest absolute Gasteiger partial charge is 0.306 e. The molecule has 0 aromatic carbocycles. The molecule has 0 aromatic heterocycles. The van der Waals surface area contributed by atoms with Gasteiger partial charge in [-0.3, -0.25) is 0 Å². The second-order valence-electron chi connectivity index (χ2n) is 3.13. The van der Waals surface area contributed by atoms with Gasteiger partial charge in [-0.05, 0) is 18.9 Å². The van der Waals surface area contributed by atoms with E-state index in [9.17, 15) is 0 Å². The number of hydrogen-bond acceptors (Lipinski definition) is 1. The Kier molecular flexibility index (Phi) is 7.29. The van der Waals surface area contributed by atoms with Crippen LogP contribution in [0.25, 0.3) is 0 Å². The Hall–Kier alpha value is -0.480. The predicted molar refractivity (Wildman–Crippen MR) is 50.4 cm³/mol. The average Bonchev–Trinajstić information content (AvgIpc) is 1.96. The van der Waals surface area contributed by atoms with Crippen molar-refractivity contribution in [3.05, 3.63) is 0 Å². The number of unbranched alkanes of at least 4 members (excludes halogenated alkanes) is 1. The maximum absolute atomic E-state index is 3.27. The summed E-state index contributed by atoms with van der Waals surface area (Å²) in [5.74, 6) is 6.90. The Labute approximate surface area is 70.6 Å². The summed E-state index contributed by atoms with van der Waals surface area (Å²) in [5.41, 5.74) is 0. The van der Waals surface area contributed by atoms with Crippen molar-refractivity contribution >= 4 is 0 Å². The molecular formula is C10H19N. The summed E-state index contributed by atoms with van der Waals surface area (Å²) in [7, 11) is 0. The second kappa shape index (κ2) is 7.63. The van der Waals surface area contributed by atoms with Crippen molar-refractivity contribution in [2.45, 2.75) is 33.6 Å². The van der Waals surface area contributed by atoms with E-state index in [1.807, 2.05) is 0 Å². The van der Waals surface area contributed by atoms with Crippen LogP contribution in [0.3, 0.4) is 0 Å². The molecule has 0 saturated carbocycles. The van der Waals surface area contributed by atoms with Crippen molar-refractivity contribution in [1.29, 1.82) is 0 Å². The smallest absolute Gasteiger partial charge is 0.0576 e. The van der Waals surface area contributed by atoms with Crippen LogP contribution in [-0.2, 0) is 0 Å². The summed E-state index contributed by atoms with van der Waals surface area (Å²) in [5, 5.41) is 3.27. The molecule has 0 aliphatic heterocycles. The van der Waals surface area contributed by atoms with Crippen LogP contribution >= 0.6 is 0 Å². The Morgan fingerprint density at radius 3 is 2.55 bits per heavy atom. The Morgan fingerprint density at radius 2 is 2.00 bits per heavy atom. The normalized spacial score (nSPS) is 9.45. The van der Waals surface area contributed by atoms with E-state index in [-0.39, 0.29) is 0 Å². The Bertz CT molecular complexity index is 128. The molecule has 0 bridgehead atoms. The molecule has 0 aliphatic carbocycles. The summed E-state index contributed by atoms with van der Waals surface area (Å²) in [6.45, 7) is 8.47. The highest BCUT2D eigenvalue weighted by atomic mass is 14.8. The van der Waals surface area contributed by atoms with Gasteiger partial charge in [0.25, 0.3) is 0 Å². The minimum Gasteiger partial charge on any atom is -0.306 e. The summed E-state index contributed by atoms with van der Waals surface area (Å²) in [6, 6.07) is 0. The minimum atomic E-state index is 0.725. The van der Waals surface area contributed by atoms with Gasteiger partial charge in [-0.15, -0.1) is 5.92 Å². The molecule has 11 heavy (non-hydrogen) atoms. The molecule has 0 aromatic rings. The topological polar surface area (TPSA) is 12.0 Å². The zero-order valence-corrected chi connectivity index (χ0v) is 7.91. The highest BCUT2D eigenvalue weighted by Gasteiger charge is 1.88. The molecule has 0 aliphatic rings. The van der Waals surface area contributed by atoms with Crippen LogP contribution in [0.2, 0.25) is 0 Å². The van der Waals surface area contributed by atoms with Gasteiger partial charge < -0.3 is 5.32 Å². The maximum Gasteiger partial charge on any atom is 0.0576 e. The van der Waals surface area contributed by atoms with Crippen LogP contribution in [0, 0.1) is 17.8 Å². The van der Waals surface area contributed by atoms with Crippen molar-refractivity contribution in [3.63, 3.8) is 0 Å². The van der Waals surface area contributed by atoms with Gasteiger partial charge in [0.15, 0.2) is 0 Å². The predicted octanol–water partition coefficient (Wildman–Crippen LogP) is 2.04. The quantitative estimate of drug-likeness (QED) is 0.481. The first-order chi connectivity index (χ1) is 5.27. The van der Waals surface area contributed by atoms with Gasteiger partial charge in [0.05, 0.1) is 6.54 Å². The lowest BCUT2D eigenvalue weighted by molar-refractivity contribution is 0.580. The molecule has 64 valence electrons.